The van der Waals surface area contributed by atoms with Gasteiger partial charge in [0, 0.05) is 20.7 Å². The third kappa shape index (κ3) is 3.69. The summed E-state index contributed by atoms with van der Waals surface area (Å²) in [5.41, 5.74) is -0.127. The zero-order valence-corrected chi connectivity index (χ0v) is 11.6. The van der Waals surface area contributed by atoms with Gasteiger partial charge in [0.15, 0.2) is 0 Å². The maximum Gasteiger partial charge on any atom is 0.574 e. The highest BCUT2D eigenvalue weighted by atomic mass is 127. The standard InChI is InChI=1S/C8H4BrF3INO3/c9-1-3-5(13)4(7(15)16)2-14-6(3)17-8(10,11)12/h2H,1H2,(H,15,16). The van der Waals surface area contributed by atoms with Crippen LogP contribution in [0.3, 0.4) is 0 Å². The predicted molar refractivity (Wildman–Crippen MR) is 63.2 cm³/mol. The second-order valence-corrected chi connectivity index (χ2v) is 4.40. The van der Waals surface area contributed by atoms with Crippen molar-refractivity contribution in [3.8, 4) is 5.88 Å². The Hall–Kier alpha value is -0.580. The van der Waals surface area contributed by atoms with Crippen LogP contribution in [0.4, 0.5) is 13.2 Å². The Morgan fingerprint density at radius 1 is 1.59 bits per heavy atom. The molecular weight excluding hydrogens is 422 g/mol. The number of pyridine rings is 1. The third-order valence-corrected chi connectivity index (χ3v) is 3.44. The normalized spacial score (nSPS) is 11.4. The van der Waals surface area contributed by atoms with Gasteiger partial charge in [-0.2, -0.15) is 0 Å². The monoisotopic (exact) mass is 425 g/mol. The SMILES string of the molecule is O=C(O)c1cnc(OC(F)(F)F)c(CBr)c1I. The Labute approximate surface area is 115 Å². The number of aromatic carboxylic acids is 1. The first-order valence-corrected chi connectivity index (χ1v) is 6.18. The van der Waals surface area contributed by atoms with Crippen molar-refractivity contribution in [2.75, 3.05) is 0 Å². The van der Waals surface area contributed by atoms with Crippen molar-refractivity contribution in [1.29, 1.82) is 0 Å². The molecule has 1 heterocycles. The summed E-state index contributed by atoms with van der Waals surface area (Å²) in [6, 6.07) is 0. The lowest BCUT2D eigenvalue weighted by Gasteiger charge is -2.13. The first-order chi connectivity index (χ1) is 7.76. The minimum absolute atomic E-state index is 0.00477. The van der Waals surface area contributed by atoms with Gasteiger partial charge in [-0.1, -0.05) is 15.9 Å². The lowest BCUT2D eigenvalue weighted by Crippen LogP contribution is -2.20. The molecule has 0 bridgehead atoms. The van der Waals surface area contributed by atoms with Crippen LogP contribution < -0.4 is 4.74 Å². The van der Waals surface area contributed by atoms with Gasteiger partial charge in [-0.15, -0.1) is 13.2 Å². The molecule has 0 aliphatic rings. The fourth-order valence-corrected chi connectivity index (χ4v) is 2.81. The maximum absolute atomic E-state index is 12.1. The summed E-state index contributed by atoms with van der Waals surface area (Å²) < 4.78 is 40.0. The van der Waals surface area contributed by atoms with E-state index >= 15 is 0 Å². The molecule has 0 atom stereocenters. The van der Waals surface area contributed by atoms with Crippen LogP contribution in [0.15, 0.2) is 6.20 Å². The van der Waals surface area contributed by atoms with Gasteiger partial charge in [0.2, 0.25) is 5.88 Å². The number of halogens is 5. The number of carboxylic acid groups (broad SMARTS) is 1. The van der Waals surface area contributed by atoms with Gasteiger partial charge >= 0.3 is 12.3 Å². The molecule has 0 radical (unpaired) electrons. The number of hydrogen-bond acceptors (Lipinski definition) is 3. The van der Waals surface area contributed by atoms with E-state index in [1.807, 2.05) is 0 Å². The minimum atomic E-state index is -4.86. The number of ether oxygens (including phenoxy) is 1. The van der Waals surface area contributed by atoms with Crippen LogP contribution in [-0.2, 0) is 5.33 Å². The topological polar surface area (TPSA) is 59.4 Å². The van der Waals surface area contributed by atoms with E-state index in [4.69, 9.17) is 5.11 Å². The fourth-order valence-electron chi connectivity index (χ4n) is 0.977. The van der Waals surface area contributed by atoms with Gasteiger partial charge < -0.3 is 9.84 Å². The smallest absolute Gasteiger partial charge is 0.478 e. The number of alkyl halides is 4. The molecule has 0 fully saturated rings. The van der Waals surface area contributed by atoms with Crippen LogP contribution in [-0.4, -0.2) is 22.4 Å². The molecule has 0 aliphatic carbocycles. The number of carbonyl (C=O) groups is 1. The summed E-state index contributed by atoms with van der Waals surface area (Å²) >= 11 is 4.60. The molecule has 94 valence electrons. The van der Waals surface area contributed by atoms with Crippen LogP contribution >= 0.6 is 38.5 Å². The number of carboxylic acids is 1. The maximum atomic E-state index is 12.1. The van der Waals surface area contributed by atoms with Gasteiger partial charge in [-0.25, -0.2) is 9.78 Å². The summed E-state index contributed by atoms with van der Waals surface area (Å²) in [6.45, 7) is 0. The van der Waals surface area contributed by atoms with Crippen molar-refractivity contribution < 1.29 is 27.8 Å². The Kier molecular flexibility index (Phi) is 4.58. The molecule has 1 aromatic heterocycles. The van der Waals surface area contributed by atoms with Crippen molar-refractivity contribution in [3.05, 3.63) is 20.9 Å². The fraction of sp³-hybridized carbons (Fsp3) is 0.250. The second-order valence-electron chi connectivity index (χ2n) is 2.76. The highest BCUT2D eigenvalue weighted by Crippen LogP contribution is 2.30. The summed E-state index contributed by atoms with van der Waals surface area (Å²) in [6.07, 6.45) is -4.03. The van der Waals surface area contributed by atoms with E-state index < -0.39 is 18.2 Å². The molecule has 1 aromatic rings. The molecule has 4 nitrogen and oxygen atoms in total. The van der Waals surface area contributed by atoms with E-state index in [-0.39, 0.29) is 20.0 Å². The molecule has 0 saturated heterocycles. The summed E-state index contributed by atoms with van der Waals surface area (Å²) in [4.78, 5) is 14.1. The first-order valence-electron chi connectivity index (χ1n) is 3.98. The van der Waals surface area contributed by atoms with E-state index in [2.05, 4.69) is 25.7 Å². The molecular formula is C8H4BrF3INO3. The van der Waals surface area contributed by atoms with E-state index in [0.717, 1.165) is 6.20 Å². The average molecular weight is 426 g/mol. The van der Waals surface area contributed by atoms with Crippen molar-refractivity contribution in [2.45, 2.75) is 11.7 Å². The molecule has 9 heteroatoms. The predicted octanol–water partition coefficient (Wildman–Crippen LogP) is 3.18. The Morgan fingerprint density at radius 2 is 2.18 bits per heavy atom. The zero-order valence-electron chi connectivity index (χ0n) is 7.89. The molecule has 0 saturated carbocycles. The highest BCUT2D eigenvalue weighted by Gasteiger charge is 2.33. The molecule has 1 rings (SSSR count). The van der Waals surface area contributed by atoms with E-state index in [1.165, 1.54) is 0 Å². The third-order valence-electron chi connectivity index (χ3n) is 1.65. The second kappa shape index (κ2) is 5.38. The van der Waals surface area contributed by atoms with Crippen LogP contribution in [0.1, 0.15) is 15.9 Å². The number of nitrogens with zero attached hydrogens (tertiary/aromatic N) is 1. The average Bonchev–Trinajstić information content (AvgIpc) is 2.15. The van der Waals surface area contributed by atoms with Crippen LogP contribution in [0.2, 0.25) is 0 Å². The van der Waals surface area contributed by atoms with Gasteiger partial charge in [0.25, 0.3) is 0 Å². The summed E-state index contributed by atoms with van der Waals surface area (Å²) in [5, 5.41) is 8.79. The Morgan fingerprint density at radius 3 is 2.59 bits per heavy atom. The first kappa shape index (κ1) is 14.5. The quantitative estimate of drug-likeness (QED) is 0.597. The lowest BCUT2D eigenvalue weighted by atomic mass is 10.2. The molecule has 0 spiro atoms. The van der Waals surface area contributed by atoms with E-state index in [0.29, 0.717) is 0 Å². The Bertz CT molecular complexity index is 452. The molecule has 1 N–H and O–H groups in total. The largest absolute Gasteiger partial charge is 0.574 e. The Balaban J connectivity index is 3.26. The summed E-state index contributed by atoms with van der Waals surface area (Å²) in [5.74, 6) is -1.91. The molecule has 0 aliphatic heterocycles. The summed E-state index contributed by atoms with van der Waals surface area (Å²) in [7, 11) is 0. The van der Waals surface area contributed by atoms with E-state index in [9.17, 15) is 18.0 Å². The van der Waals surface area contributed by atoms with Crippen LogP contribution in [0.5, 0.6) is 5.88 Å². The molecule has 0 amide bonds. The van der Waals surface area contributed by atoms with Crippen molar-refractivity contribution in [2.24, 2.45) is 0 Å². The van der Waals surface area contributed by atoms with Gasteiger partial charge in [-0.3, -0.25) is 0 Å². The van der Waals surface area contributed by atoms with Crippen molar-refractivity contribution in [1.82, 2.24) is 4.98 Å². The van der Waals surface area contributed by atoms with Crippen molar-refractivity contribution in [3.63, 3.8) is 0 Å². The number of rotatable bonds is 3. The van der Waals surface area contributed by atoms with Gasteiger partial charge in [0.05, 0.1) is 5.56 Å². The molecule has 0 aromatic carbocycles. The van der Waals surface area contributed by atoms with Gasteiger partial charge in [0.1, 0.15) is 0 Å². The van der Waals surface area contributed by atoms with Crippen LogP contribution in [0.25, 0.3) is 0 Å². The molecule has 17 heavy (non-hydrogen) atoms. The minimum Gasteiger partial charge on any atom is -0.478 e. The van der Waals surface area contributed by atoms with Crippen LogP contribution in [0, 0.1) is 3.57 Å². The highest BCUT2D eigenvalue weighted by molar-refractivity contribution is 14.1. The number of hydrogen-bond donors (Lipinski definition) is 1. The zero-order chi connectivity index (χ0) is 13.2. The lowest BCUT2D eigenvalue weighted by molar-refractivity contribution is -0.276. The number of aromatic nitrogens is 1. The molecule has 0 unspecified atom stereocenters. The van der Waals surface area contributed by atoms with Crippen molar-refractivity contribution >= 4 is 44.5 Å². The van der Waals surface area contributed by atoms with Gasteiger partial charge in [-0.05, 0) is 22.6 Å². The van der Waals surface area contributed by atoms with E-state index in [1.54, 1.807) is 22.6 Å².